The molecule has 0 bridgehead atoms. The van der Waals surface area contributed by atoms with Crippen molar-refractivity contribution in [3.63, 3.8) is 0 Å². The molecule has 9 heteroatoms. The Morgan fingerprint density at radius 1 is 0.810 bits per heavy atom. The van der Waals surface area contributed by atoms with Gasteiger partial charge in [0.15, 0.2) is 18.9 Å². The number of hydrogen-bond donors (Lipinski definition) is 3. The normalized spacial score (nSPS) is 26.6. The zero-order valence-corrected chi connectivity index (χ0v) is 11.4. The second kappa shape index (κ2) is 12.5. The van der Waals surface area contributed by atoms with E-state index in [0.29, 0.717) is 19.8 Å². The molecule has 3 aliphatic heterocycles. The van der Waals surface area contributed by atoms with Crippen molar-refractivity contribution in [3.8, 4) is 0 Å². The van der Waals surface area contributed by atoms with Gasteiger partial charge < -0.3 is 43.9 Å². The molecule has 0 aromatic rings. The monoisotopic (exact) mass is 308 g/mol. The molecule has 122 valence electrons. The van der Waals surface area contributed by atoms with Gasteiger partial charge in [0.1, 0.15) is 24.4 Å². The summed E-state index contributed by atoms with van der Waals surface area (Å²) in [5.41, 5.74) is 0. The lowest BCUT2D eigenvalue weighted by atomic mass is 10.4. The van der Waals surface area contributed by atoms with Crippen LogP contribution in [0.4, 0.5) is 0 Å². The highest BCUT2D eigenvalue weighted by atomic mass is 16.6. The molecular weight excluding hydrogens is 288 g/mol. The molecule has 3 heterocycles. The molecule has 0 saturated carbocycles. The summed E-state index contributed by atoms with van der Waals surface area (Å²) in [6.07, 6.45) is 1.32. The topological polar surface area (TPSA) is 149 Å². The average molecular weight is 308 g/mol. The molecule has 0 aliphatic carbocycles. The second-order valence-corrected chi connectivity index (χ2v) is 4.04. The molecule has 0 radical (unpaired) electrons. The van der Waals surface area contributed by atoms with E-state index in [1.807, 2.05) is 0 Å². The summed E-state index contributed by atoms with van der Waals surface area (Å²) in [6, 6.07) is 0. The maximum atomic E-state index is 9.44. The van der Waals surface area contributed by atoms with Crippen LogP contribution in [-0.4, -0.2) is 91.6 Å². The zero-order valence-electron chi connectivity index (χ0n) is 11.4. The van der Waals surface area contributed by atoms with Crippen molar-refractivity contribution in [2.45, 2.75) is 24.4 Å². The molecule has 3 N–H and O–H groups in total. The van der Waals surface area contributed by atoms with Gasteiger partial charge in [-0.25, -0.2) is 0 Å². The fraction of sp³-hybridized carbons (Fsp3) is 0.750. The highest BCUT2D eigenvalue weighted by Crippen LogP contribution is 2.03. The predicted molar refractivity (Wildman–Crippen MR) is 67.6 cm³/mol. The van der Waals surface area contributed by atoms with Gasteiger partial charge in [-0.2, -0.15) is 0 Å². The first-order valence-electron chi connectivity index (χ1n) is 6.21. The first kappa shape index (κ1) is 19.8. The number of epoxide rings is 3. The fourth-order valence-corrected chi connectivity index (χ4v) is 0.460. The highest BCUT2D eigenvalue weighted by Gasteiger charge is 2.20. The summed E-state index contributed by atoms with van der Waals surface area (Å²) in [5.74, 6) is 0. The van der Waals surface area contributed by atoms with Gasteiger partial charge in [0.2, 0.25) is 0 Å². The van der Waals surface area contributed by atoms with Crippen molar-refractivity contribution in [2.75, 3.05) is 33.0 Å². The van der Waals surface area contributed by atoms with E-state index in [0.717, 1.165) is 18.9 Å². The molecule has 3 atom stereocenters. The van der Waals surface area contributed by atoms with E-state index in [1.165, 1.54) is 0 Å². The number of ether oxygens (including phenoxy) is 3. The molecule has 0 spiro atoms. The predicted octanol–water partition coefficient (Wildman–Crippen LogP) is -2.92. The molecule has 3 aliphatic rings. The minimum atomic E-state index is -0.954. The number of carbonyl (C=O) groups is 3. The first-order chi connectivity index (χ1) is 10.1. The van der Waals surface area contributed by atoms with Crippen LogP contribution in [0.15, 0.2) is 0 Å². The van der Waals surface area contributed by atoms with Crippen molar-refractivity contribution in [1.82, 2.24) is 0 Å². The Labute approximate surface area is 121 Å². The van der Waals surface area contributed by atoms with Crippen molar-refractivity contribution < 1.29 is 43.9 Å². The zero-order chi connectivity index (χ0) is 16.1. The number of rotatable bonds is 5. The molecule has 21 heavy (non-hydrogen) atoms. The van der Waals surface area contributed by atoms with E-state index in [9.17, 15) is 14.4 Å². The van der Waals surface area contributed by atoms with E-state index in [-0.39, 0.29) is 31.5 Å². The van der Waals surface area contributed by atoms with Crippen LogP contribution in [0.1, 0.15) is 0 Å². The Bertz CT molecular complexity index is 242. The van der Waals surface area contributed by atoms with Gasteiger partial charge in [-0.15, -0.1) is 0 Å². The maximum Gasteiger partial charge on any atom is 0.151 e. The largest absolute Gasteiger partial charge is 0.394 e. The summed E-state index contributed by atoms with van der Waals surface area (Å²) in [4.78, 5) is 28.3. The van der Waals surface area contributed by atoms with E-state index in [2.05, 4.69) is 14.2 Å². The van der Waals surface area contributed by atoms with Crippen LogP contribution in [-0.2, 0) is 28.6 Å². The number of aliphatic hydroxyl groups is 3. The third kappa shape index (κ3) is 16.7. The van der Waals surface area contributed by atoms with Gasteiger partial charge in [0.05, 0.1) is 33.0 Å². The Morgan fingerprint density at radius 3 is 1.05 bits per heavy atom. The minimum absolute atomic E-state index is 0.0463. The lowest BCUT2D eigenvalue weighted by molar-refractivity contribution is -0.109. The van der Waals surface area contributed by atoms with Crippen molar-refractivity contribution in [2.24, 2.45) is 0 Å². The Hall–Kier alpha value is -1.23. The van der Waals surface area contributed by atoms with Crippen LogP contribution in [0.3, 0.4) is 0 Å². The van der Waals surface area contributed by atoms with Crippen molar-refractivity contribution >= 4 is 18.9 Å². The molecule has 3 unspecified atom stereocenters. The summed E-state index contributed by atoms with van der Waals surface area (Å²) < 4.78 is 13.5. The van der Waals surface area contributed by atoms with Gasteiger partial charge in [0.25, 0.3) is 0 Å². The highest BCUT2D eigenvalue weighted by molar-refractivity contribution is 5.59. The molecule has 0 amide bonds. The SMILES string of the molecule is O=CC1CO1.O=CC1CO1.O=CC1CO1.OCC(O)CO. The standard InChI is InChI=1S/C3H8O3.3C3H4O2/c4-1-3(6)2-5;3*4-1-3-2-5-3/h3-6H,1-2H2;3*1,3H,2H2. The van der Waals surface area contributed by atoms with E-state index in [1.54, 1.807) is 0 Å². The lowest BCUT2D eigenvalue weighted by Gasteiger charge is -1.96. The third-order valence-electron chi connectivity index (χ3n) is 1.95. The van der Waals surface area contributed by atoms with Crippen molar-refractivity contribution in [1.29, 1.82) is 0 Å². The Kier molecular flexibility index (Phi) is 11.8. The van der Waals surface area contributed by atoms with E-state index >= 15 is 0 Å². The van der Waals surface area contributed by atoms with Gasteiger partial charge >= 0.3 is 0 Å². The number of hydrogen-bond acceptors (Lipinski definition) is 9. The van der Waals surface area contributed by atoms with E-state index < -0.39 is 6.10 Å². The molecule has 0 aromatic heterocycles. The number of aldehydes is 3. The smallest absolute Gasteiger partial charge is 0.151 e. The van der Waals surface area contributed by atoms with Gasteiger partial charge in [-0.05, 0) is 0 Å². The van der Waals surface area contributed by atoms with Crippen LogP contribution in [0, 0.1) is 0 Å². The minimum Gasteiger partial charge on any atom is -0.394 e. The average Bonchev–Trinajstić information content (AvgIpc) is 3.38. The molecule has 0 aromatic carbocycles. The lowest BCUT2D eigenvalue weighted by Crippen LogP contribution is -2.15. The fourth-order valence-electron chi connectivity index (χ4n) is 0.460. The van der Waals surface area contributed by atoms with Crippen LogP contribution in [0.2, 0.25) is 0 Å². The number of carbonyl (C=O) groups excluding carboxylic acids is 3. The quantitative estimate of drug-likeness (QED) is 0.358. The second-order valence-electron chi connectivity index (χ2n) is 4.04. The van der Waals surface area contributed by atoms with Gasteiger partial charge in [0, 0.05) is 0 Å². The van der Waals surface area contributed by atoms with Gasteiger partial charge in [-0.1, -0.05) is 0 Å². The van der Waals surface area contributed by atoms with E-state index in [4.69, 9.17) is 15.3 Å². The first-order valence-corrected chi connectivity index (χ1v) is 6.21. The molecule has 3 rings (SSSR count). The molecule has 3 saturated heterocycles. The molecule has 3 fully saturated rings. The van der Waals surface area contributed by atoms with Crippen LogP contribution < -0.4 is 0 Å². The number of aliphatic hydroxyl groups excluding tert-OH is 3. The molecule has 9 nitrogen and oxygen atoms in total. The van der Waals surface area contributed by atoms with Crippen LogP contribution in [0.25, 0.3) is 0 Å². The summed E-state index contributed by atoms with van der Waals surface area (Å²) in [7, 11) is 0. The third-order valence-corrected chi connectivity index (χ3v) is 1.95. The Morgan fingerprint density at radius 2 is 1.05 bits per heavy atom. The van der Waals surface area contributed by atoms with Crippen LogP contribution in [0.5, 0.6) is 0 Å². The Balaban J connectivity index is 0.000000254. The van der Waals surface area contributed by atoms with Gasteiger partial charge in [-0.3, -0.25) is 0 Å². The summed E-state index contributed by atoms with van der Waals surface area (Å²) in [6.45, 7) is 1.20. The summed E-state index contributed by atoms with van der Waals surface area (Å²) >= 11 is 0. The maximum absolute atomic E-state index is 9.44. The van der Waals surface area contributed by atoms with Crippen LogP contribution >= 0.6 is 0 Å². The molecular formula is C12H20O9. The summed E-state index contributed by atoms with van der Waals surface area (Å²) in [5, 5.41) is 24.0. The van der Waals surface area contributed by atoms with Crippen molar-refractivity contribution in [3.05, 3.63) is 0 Å².